The summed E-state index contributed by atoms with van der Waals surface area (Å²) < 4.78 is 5.42. The number of amides is 2. The van der Waals surface area contributed by atoms with Gasteiger partial charge in [0.25, 0.3) is 11.8 Å². The van der Waals surface area contributed by atoms with Gasteiger partial charge in [-0.15, -0.1) is 0 Å². The molecule has 1 aliphatic rings. The monoisotopic (exact) mass is 395 g/mol. The van der Waals surface area contributed by atoms with Crippen LogP contribution in [0.25, 0.3) is 0 Å². The lowest BCUT2D eigenvalue weighted by atomic mass is 9.79. The summed E-state index contributed by atoms with van der Waals surface area (Å²) in [5.74, 6) is -0.339. The summed E-state index contributed by atoms with van der Waals surface area (Å²) in [4.78, 5) is 25.2. The Morgan fingerprint density at radius 3 is 2.45 bits per heavy atom. The van der Waals surface area contributed by atoms with Crippen molar-refractivity contribution < 1.29 is 14.3 Å². The fourth-order valence-electron chi connectivity index (χ4n) is 3.69. The van der Waals surface area contributed by atoms with E-state index in [2.05, 4.69) is 16.0 Å². The van der Waals surface area contributed by atoms with Crippen molar-refractivity contribution in [2.24, 2.45) is 5.41 Å². The number of piperidine rings is 1. The fourth-order valence-corrected chi connectivity index (χ4v) is 3.69. The van der Waals surface area contributed by atoms with E-state index in [4.69, 9.17) is 4.74 Å². The lowest BCUT2D eigenvalue weighted by molar-refractivity contribution is 0.0511. The van der Waals surface area contributed by atoms with Crippen LogP contribution in [0.2, 0.25) is 0 Å². The average molecular weight is 396 g/mol. The molecule has 154 valence electrons. The van der Waals surface area contributed by atoms with Crippen LogP contribution in [-0.2, 0) is 4.74 Å². The summed E-state index contributed by atoms with van der Waals surface area (Å²) in [6, 6.07) is 14.4. The molecule has 2 amide bonds. The molecule has 0 unspecified atom stereocenters. The number of carbonyl (C=O) groups excluding carboxylic acids is 2. The first-order valence-electron chi connectivity index (χ1n) is 9.98. The van der Waals surface area contributed by atoms with Gasteiger partial charge in [0.05, 0.1) is 6.61 Å². The first-order chi connectivity index (χ1) is 14.0. The lowest BCUT2D eigenvalue weighted by Crippen LogP contribution is -2.47. The molecule has 0 atom stereocenters. The molecule has 0 spiro atoms. The molecule has 1 fully saturated rings. The molecule has 0 radical (unpaired) electrons. The van der Waals surface area contributed by atoms with Gasteiger partial charge in [0, 0.05) is 35.9 Å². The Morgan fingerprint density at radius 2 is 1.76 bits per heavy atom. The number of anilines is 1. The third-order valence-corrected chi connectivity index (χ3v) is 5.52. The summed E-state index contributed by atoms with van der Waals surface area (Å²) in [5, 5.41) is 9.33. The molecule has 1 saturated heterocycles. The van der Waals surface area contributed by atoms with Gasteiger partial charge >= 0.3 is 0 Å². The van der Waals surface area contributed by atoms with Crippen molar-refractivity contribution in [1.82, 2.24) is 10.6 Å². The highest BCUT2D eigenvalue weighted by molar-refractivity contribution is 6.05. The topological polar surface area (TPSA) is 79.5 Å². The molecule has 1 aliphatic heterocycles. The number of benzene rings is 2. The van der Waals surface area contributed by atoms with Gasteiger partial charge in [0.2, 0.25) is 0 Å². The van der Waals surface area contributed by atoms with E-state index in [0.717, 1.165) is 31.5 Å². The predicted molar refractivity (Wildman–Crippen MR) is 114 cm³/mol. The van der Waals surface area contributed by atoms with Crippen molar-refractivity contribution >= 4 is 17.5 Å². The molecule has 6 nitrogen and oxygen atoms in total. The Labute approximate surface area is 172 Å². The first kappa shape index (κ1) is 21.0. The van der Waals surface area contributed by atoms with Gasteiger partial charge in [-0.05, 0) is 62.7 Å². The Balaban J connectivity index is 1.68. The highest BCUT2D eigenvalue weighted by Gasteiger charge is 2.32. The van der Waals surface area contributed by atoms with Gasteiger partial charge in [0.15, 0.2) is 0 Å². The van der Waals surface area contributed by atoms with Gasteiger partial charge in [-0.1, -0.05) is 24.3 Å². The lowest BCUT2D eigenvalue weighted by Gasteiger charge is -2.37. The molecule has 2 aromatic carbocycles. The normalized spacial score (nSPS) is 15.5. The fraction of sp³-hybridized carbons (Fsp3) is 0.391. The summed E-state index contributed by atoms with van der Waals surface area (Å²) in [5.41, 5.74) is 2.61. The summed E-state index contributed by atoms with van der Waals surface area (Å²) in [6.45, 7) is 4.96. The molecular weight excluding hydrogens is 366 g/mol. The van der Waals surface area contributed by atoms with Gasteiger partial charge in [0.1, 0.15) is 0 Å². The maximum Gasteiger partial charge on any atom is 0.255 e. The van der Waals surface area contributed by atoms with E-state index in [9.17, 15) is 9.59 Å². The first-order valence-corrected chi connectivity index (χ1v) is 9.98. The highest BCUT2D eigenvalue weighted by Crippen LogP contribution is 2.28. The maximum absolute atomic E-state index is 12.8. The minimum absolute atomic E-state index is 0.0370. The van der Waals surface area contributed by atoms with Gasteiger partial charge in [-0.3, -0.25) is 9.59 Å². The number of nitrogens with one attached hydrogen (secondary N) is 3. The van der Waals surface area contributed by atoms with E-state index in [1.807, 2.05) is 31.2 Å². The summed E-state index contributed by atoms with van der Waals surface area (Å²) in [7, 11) is 1.70. The van der Waals surface area contributed by atoms with E-state index >= 15 is 0 Å². The van der Waals surface area contributed by atoms with Crippen molar-refractivity contribution in [3.05, 3.63) is 65.2 Å². The molecule has 3 rings (SSSR count). The molecule has 1 heterocycles. The predicted octanol–water partition coefficient (Wildman–Crippen LogP) is 2.99. The quantitative estimate of drug-likeness (QED) is 0.673. The highest BCUT2D eigenvalue weighted by atomic mass is 16.5. The minimum atomic E-state index is -0.194. The number of hydrogen-bond donors (Lipinski definition) is 3. The number of ether oxygens (including phenoxy) is 1. The Morgan fingerprint density at radius 1 is 1.03 bits per heavy atom. The molecule has 0 aromatic heterocycles. The molecule has 0 aliphatic carbocycles. The van der Waals surface area contributed by atoms with Crippen molar-refractivity contribution in [3.63, 3.8) is 0 Å². The molecular formula is C23H29N3O3. The molecule has 6 heteroatoms. The zero-order chi connectivity index (χ0) is 20.7. The standard InChI is InChI=1S/C23H29N3O3/c1-17-8-9-19(14-20(17)26-22(28)18-6-4-3-5-7-18)21(27)25-15-23(16-29-2)10-12-24-13-11-23/h3-9,14,24H,10-13,15-16H2,1-2H3,(H,25,27)(H,26,28). The molecule has 29 heavy (non-hydrogen) atoms. The zero-order valence-corrected chi connectivity index (χ0v) is 17.1. The smallest absolute Gasteiger partial charge is 0.255 e. The number of rotatable bonds is 7. The Hall–Kier alpha value is -2.70. The van der Waals surface area contributed by atoms with Crippen molar-refractivity contribution in [2.75, 3.05) is 38.7 Å². The van der Waals surface area contributed by atoms with Crippen molar-refractivity contribution in [3.8, 4) is 0 Å². The van der Waals surface area contributed by atoms with Crippen LogP contribution in [-0.4, -0.2) is 45.2 Å². The number of methoxy groups -OCH3 is 1. The molecule has 3 N–H and O–H groups in total. The van der Waals surface area contributed by atoms with E-state index in [0.29, 0.717) is 30.0 Å². The third kappa shape index (κ3) is 5.43. The van der Waals surface area contributed by atoms with Crippen LogP contribution in [0, 0.1) is 12.3 Å². The molecule has 0 bridgehead atoms. The number of carbonyl (C=O) groups is 2. The number of aryl methyl sites for hydroxylation is 1. The summed E-state index contributed by atoms with van der Waals surface area (Å²) in [6.07, 6.45) is 1.93. The second kappa shape index (κ2) is 9.67. The van der Waals surface area contributed by atoms with Crippen LogP contribution in [0.15, 0.2) is 48.5 Å². The van der Waals surface area contributed by atoms with E-state index in [1.54, 1.807) is 31.4 Å². The van der Waals surface area contributed by atoms with Gasteiger partial charge < -0.3 is 20.7 Å². The van der Waals surface area contributed by atoms with Crippen molar-refractivity contribution in [1.29, 1.82) is 0 Å². The second-order valence-electron chi connectivity index (χ2n) is 7.72. The Bertz CT molecular complexity index is 840. The van der Waals surface area contributed by atoms with E-state index < -0.39 is 0 Å². The maximum atomic E-state index is 12.8. The number of hydrogen-bond acceptors (Lipinski definition) is 4. The second-order valence-corrected chi connectivity index (χ2v) is 7.72. The van der Waals surface area contributed by atoms with Crippen LogP contribution in [0.5, 0.6) is 0 Å². The van der Waals surface area contributed by atoms with E-state index in [1.165, 1.54) is 0 Å². The SMILES string of the molecule is COCC1(CNC(=O)c2ccc(C)c(NC(=O)c3ccccc3)c2)CCNCC1. The average Bonchev–Trinajstić information content (AvgIpc) is 2.75. The molecule has 2 aromatic rings. The van der Waals surface area contributed by atoms with Crippen LogP contribution < -0.4 is 16.0 Å². The van der Waals surface area contributed by atoms with Crippen LogP contribution in [0.3, 0.4) is 0 Å². The van der Waals surface area contributed by atoms with E-state index in [-0.39, 0.29) is 17.2 Å². The van der Waals surface area contributed by atoms with Crippen LogP contribution >= 0.6 is 0 Å². The zero-order valence-electron chi connectivity index (χ0n) is 17.1. The summed E-state index contributed by atoms with van der Waals surface area (Å²) >= 11 is 0. The van der Waals surface area contributed by atoms with Crippen LogP contribution in [0.4, 0.5) is 5.69 Å². The third-order valence-electron chi connectivity index (χ3n) is 5.52. The van der Waals surface area contributed by atoms with Crippen LogP contribution in [0.1, 0.15) is 39.1 Å². The Kier molecular flexibility index (Phi) is 7.01. The molecule has 0 saturated carbocycles. The largest absolute Gasteiger partial charge is 0.384 e. The van der Waals surface area contributed by atoms with Gasteiger partial charge in [-0.25, -0.2) is 0 Å². The van der Waals surface area contributed by atoms with Crippen molar-refractivity contribution in [2.45, 2.75) is 19.8 Å². The van der Waals surface area contributed by atoms with Gasteiger partial charge in [-0.2, -0.15) is 0 Å². The minimum Gasteiger partial charge on any atom is -0.384 e.